The minimum atomic E-state index is 0.241. The second-order valence-electron chi connectivity index (χ2n) is 6.07. The van der Waals surface area contributed by atoms with Crippen LogP contribution in [0.15, 0.2) is 23.2 Å². The van der Waals surface area contributed by atoms with E-state index in [-0.39, 0.29) is 5.91 Å². The highest BCUT2D eigenvalue weighted by molar-refractivity contribution is 7.99. The average Bonchev–Trinajstić information content (AvgIpc) is 3.03. The van der Waals surface area contributed by atoms with Crippen LogP contribution in [0.25, 0.3) is 10.9 Å². The van der Waals surface area contributed by atoms with Crippen LogP contribution in [0.4, 0.5) is 0 Å². The molecule has 1 fully saturated rings. The topological polar surface area (TPSA) is 33.2 Å². The summed E-state index contributed by atoms with van der Waals surface area (Å²) in [5.74, 6) is 0.731. The molecule has 1 saturated heterocycles. The Bertz CT molecular complexity index is 721. The van der Waals surface area contributed by atoms with E-state index in [0.29, 0.717) is 5.75 Å². The summed E-state index contributed by atoms with van der Waals surface area (Å²) in [6.45, 7) is 8.14. The van der Waals surface area contributed by atoms with Crippen LogP contribution in [-0.2, 0) is 4.79 Å². The van der Waals surface area contributed by atoms with Crippen molar-refractivity contribution >= 4 is 28.6 Å². The van der Waals surface area contributed by atoms with Crippen molar-refractivity contribution in [3.8, 4) is 0 Å². The number of thioether (sulfide) groups is 1. The lowest BCUT2D eigenvalue weighted by Gasteiger charge is -2.15. The number of pyridine rings is 1. The zero-order valence-corrected chi connectivity index (χ0v) is 14.3. The first-order chi connectivity index (χ1) is 10.6. The van der Waals surface area contributed by atoms with Gasteiger partial charge in [-0.25, -0.2) is 4.98 Å². The smallest absolute Gasteiger partial charge is 0.232 e. The molecule has 1 aliphatic heterocycles. The number of hydrogen-bond donors (Lipinski definition) is 0. The van der Waals surface area contributed by atoms with Gasteiger partial charge in [-0.05, 0) is 56.4 Å². The highest BCUT2D eigenvalue weighted by Gasteiger charge is 2.18. The lowest BCUT2D eigenvalue weighted by molar-refractivity contribution is -0.127. The number of benzene rings is 1. The van der Waals surface area contributed by atoms with Gasteiger partial charge in [-0.3, -0.25) is 4.79 Å². The van der Waals surface area contributed by atoms with Crippen LogP contribution in [0.2, 0.25) is 0 Å². The summed E-state index contributed by atoms with van der Waals surface area (Å²) in [7, 11) is 0. The van der Waals surface area contributed by atoms with Gasteiger partial charge in [0.05, 0.1) is 11.3 Å². The Morgan fingerprint density at radius 2 is 1.91 bits per heavy atom. The second kappa shape index (κ2) is 6.29. The van der Waals surface area contributed by atoms with Crippen molar-refractivity contribution in [3.05, 3.63) is 34.9 Å². The number of carbonyl (C=O) groups excluding carboxylic acids is 1. The molecule has 3 rings (SSSR count). The fraction of sp³-hybridized carbons (Fsp3) is 0.444. The van der Waals surface area contributed by atoms with Gasteiger partial charge >= 0.3 is 0 Å². The molecule has 1 aliphatic rings. The summed E-state index contributed by atoms with van der Waals surface area (Å²) in [6, 6.07) is 6.45. The first-order valence-electron chi connectivity index (χ1n) is 7.84. The fourth-order valence-corrected chi connectivity index (χ4v) is 3.79. The molecule has 0 aliphatic carbocycles. The predicted octanol–water partition coefficient (Wildman–Crippen LogP) is 3.87. The molecule has 2 aromatic rings. The number of rotatable bonds is 3. The molecule has 1 amide bonds. The fourth-order valence-electron chi connectivity index (χ4n) is 2.91. The van der Waals surface area contributed by atoms with E-state index in [4.69, 9.17) is 4.98 Å². The van der Waals surface area contributed by atoms with E-state index in [2.05, 4.69) is 39.0 Å². The highest BCUT2D eigenvalue weighted by atomic mass is 32.2. The zero-order valence-electron chi connectivity index (χ0n) is 13.5. The van der Waals surface area contributed by atoms with Crippen molar-refractivity contribution in [1.82, 2.24) is 9.88 Å². The van der Waals surface area contributed by atoms with Gasteiger partial charge in [0, 0.05) is 18.5 Å². The molecule has 0 atom stereocenters. The predicted molar refractivity (Wildman–Crippen MR) is 92.5 cm³/mol. The van der Waals surface area contributed by atoms with Gasteiger partial charge in [0.1, 0.15) is 5.03 Å². The number of amides is 1. The van der Waals surface area contributed by atoms with E-state index in [9.17, 15) is 4.79 Å². The van der Waals surface area contributed by atoms with E-state index >= 15 is 0 Å². The molecular formula is C18H22N2OS. The van der Waals surface area contributed by atoms with Crippen molar-refractivity contribution in [2.45, 2.75) is 38.6 Å². The zero-order chi connectivity index (χ0) is 15.7. The number of aryl methyl sites for hydroxylation is 3. The van der Waals surface area contributed by atoms with Gasteiger partial charge < -0.3 is 4.90 Å². The Hall–Kier alpha value is -1.55. The molecule has 22 heavy (non-hydrogen) atoms. The summed E-state index contributed by atoms with van der Waals surface area (Å²) in [4.78, 5) is 19.0. The lowest BCUT2D eigenvalue weighted by Crippen LogP contribution is -2.29. The number of carbonyl (C=O) groups is 1. The summed E-state index contributed by atoms with van der Waals surface area (Å²) >= 11 is 1.57. The molecule has 0 N–H and O–H groups in total. The van der Waals surface area contributed by atoms with Gasteiger partial charge in [0.2, 0.25) is 5.91 Å². The quantitative estimate of drug-likeness (QED) is 0.806. The van der Waals surface area contributed by atoms with Crippen molar-refractivity contribution in [3.63, 3.8) is 0 Å². The summed E-state index contributed by atoms with van der Waals surface area (Å²) in [5.41, 5.74) is 4.69. The maximum atomic E-state index is 12.2. The largest absolute Gasteiger partial charge is 0.342 e. The number of likely N-dealkylation sites (tertiary alicyclic amines) is 1. The minimum Gasteiger partial charge on any atom is -0.342 e. The minimum absolute atomic E-state index is 0.241. The van der Waals surface area contributed by atoms with Gasteiger partial charge in [0.15, 0.2) is 0 Å². The van der Waals surface area contributed by atoms with E-state index in [1.54, 1.807) is 11.8 Å². The summed E-state index contributed by atoms with van der Waals surface area (Å²) in [6.07, 6.45) is 2.28. The Labute approximate surface area is 136 Å². The summed E-state index contributed by atoms with van der Waals surface area (Å²) in [5, 5.41) is 2.16. The maximum Gasteiger partial charge on any atom is 0.232 e. The maximum absolute atomic E-state index is 12.2. The molecule has 0 bridgehead atoms. The Balaban J connectivity index is 1.82. The van der Waals surface area contributed by atoms with Crippen LogP contribution in [-0.4, -0.2) is 34.6 Å². The van der Waals surface area contributed by atoms with Crippen LogP contribution in [0, 0.1) is 20.8 Å². The number of nitrogens with zero attached hydrogens (tertiary/aromatic N) is 2. The normalized spacial score (nSPS) is 14.8. The van der Waals surface area contributed by atoms with Crippen LogP contribution in [0.1, 0.15) is 29.5 Å². The molecule has 0 spiro atoms. The van der Waals surface area contributed by atoms with Gasteiger partial charge in [-0.15, -0.1) is 0 Å². The Kier molecular flexibility index (Phi) is 4.39. The van der Waals surface area contributed by atoms with Gasteiger partial charge in [-0.2, -0.15) is 0 Å². The van der Waals surface area contributed by atoms with Crippen molar-refractivity contribution in [2.75, 3.05) is 18.8 Å². The van der Waals surface area contributed by atoms with E-state index < -0.39 is 0 Å². The molecule has 0 radical (unpaired) electrons. The van der Waals surface area contributed by atoms with E-state index in [0.717, 1.165) is 42.0 Å². The van der Waals surface area contributed by atoms with Gasteiger partial charge in [-0.1, -0.05) is 23.9 Å². The average molecular weight is 314 g/mol. The second-order valence-corrected chi connectivity index (χ2v) is 7.03. The number of fused-ring (bicyclic) bond motifs is 1. The molecule has 0 unspecified atom stereocenters. The first kappa shape index (κ1) is 15.3. The third-order valence-electron chi connectivity index (χ3n) is 4.45. The van der Waals surface area contributed by atoms with Crippen LogP contribution in [0.3, 0.4) is 0 Å². The molecular weight excluding hydrogens is 292 g/mol. The molecule has 116 valence electrons. The first-order valence-corrected chi connectivity index (χ1v) is 8.83. The molecule has 1 aromatic heterocycles. The Morgan fingerprint density at radius 1 is 1.18 bits per heavy atom. The number of aromatic nitrogens is 1. The monoisotopic (exact) mass is 314 g/mol. The van der Waals surface area contributed by atoms with Crippen LogP contribution in [0.5, 0.6) is 0 Å². The standard InChI is InChI=1S/C18H22N2OS/c1-12-6-7-15-10-13(2)18(19-17(15)14(12)3)22-11-16(21)20-8-4-5-9-20/h6-7,10H,4-5,8-9,11H2,1-3H3. The molecule has 0 saturated carbocycles. The lowest BCUT2D eigenvalue weighted by atomic mass is 10.0. The third kappa shape index (κ3) is 2.98. The van der Waals surface area contributed by atoms with E-state index in [1.165, 1.54) is 16.5 Å². The third-order valence-corrected chi connectivity index (χ3v) is 5.52. The van der Waals surface area contributed by atoms with E-state index in [1.807, 2.05) is 4.90 Å². The highest BCUT2D eigenvalue weighted by Crippen LogP contribution is 2.27. The Morgan fingerprint density at radius 3 is 2.64 bits per heavy atom. The molecule has 3 nitrogen and oxygen atoms in total. The number of hydrogen-bond acceptors (Lipinski definition) is 3. The van der Waals surface area contributed by atoms with Crippen LogP contribution < -0.4 is 0 Å². The van der Waals surface area contributed by atoms with Crippen molar-refractivity contribution in [2.24, 2.45) is 0 Å². The van der Waals surface area contributed by atoms with Crippen molar-refractivity contribution < 1.29 is 4.79 Å². The summed E-state index contributed by atoms with van der Waals surface area (Å²) < 4.78 is 0. The molecule has 2 heterocycles. The van der Waals surface area contributed by atoms with Crippen molar-refractivity contribution in [1.29, 1.82) is 0 Å². The molecule has 1 aromatic carbocycles. The van der Waals surface area contributed by atoms with Crippen LogP contribution >= 0.6 is 11.8 Å². The SMILES string of the molecule is Cc1cc2ccc(C)c(C)c2nc1SCC(=O)N1CCCC1. The van der Waals surface area contributed by atoms with Gasteiger partial charge in [0.25, 0.3) is 0 Å². The molecule has 4 heteroatoms.